The van der Waals surface area contributed by atoms with Crippen LogP contribution in [0.15, 0.2) is 42.7 Å². The first kappa shape index (κ1) is 24.9. The number of amides is 3. The van der Waals surface area contributed by atoms with Crippen molar-refractivity contribution in [3.8, 4) is 5.69 Å². The molecule has 2 atom stereocenters. The van der Waals surface area contributed by atoms with Crippen LogP contribution < -0.4 is 10.6 Å². The minimum Gasteiger partial charge on any atom is -0.325 e. The second-order valence-corrected chi connectivity index (χ2v) is 11.3. The third-order valence-corrected chi connectivity index (χ3v) is 9.04. The molecule has 1 aromatic heterocycles. The second-order valence-electron chi connectivity index (χ2n) is 10.9. The minimum atomic E-state index is -0.660. The molecule has 0 bridgehead atoms. The van der Waals surface area contributed by atoms with Crippen molar-refractivity contribution in [2.24, 2.45) is 0 Å². The zero-order chi connectivity index (χ0) is 27.6. The Bertz CT molecular complexity index is 1600. The Hall–Kier alpha value is -4.12. The summed E-state index contributed by atoms with van der Waals surface area (Å²) in [5.41, 5.74) is 2.83. The van der Waals surface area contributed by atoms with Crippen LogP contribution in [-0.4, -0.2) is 54.9 Å². The molecule has 40 heavy (non-hydrogen) atoms. The van der Waals surface area contributed by atoms with Crippen molar-refractivity contribution in [2.75, 3.05) is 10.6 Å². The Balaban J connectivity index is 1.14. The zero-order valence-corrected chi connectivity index (χ0v) is 22.1. The summed E-state index contributed by atoms with van der Waals surface area (Å²) in [5, 5.41) is 17.0. The number of carbonyl (C=O) groups is 3. The fraction of sp³-hybridized carbons (Fsp3) is 0.357. The summed E-state index contributed by atoms with van der Waals surface area (Å²) in [6.07, 6.45) is 7.74. The number of fused-ring (bicyclic) bond motifs is 3. The summed E-state index contributed by atoms with van der Waals surface area (Å²) in [7, 11) is 0. The summed E-state index contributed by atoms with van der Waals surface area (Å²) < 4.78 is 16.6. The number of nitrogens with zero attached hydrogens (tertiary/aromatic N) is 5. The molecule has 2 aromatic carbocycles. The van der Waals surface area contributed by atoms with Crippen LogP contribution in [0.5, 0.6) is 0 Å². The maximum absolute atomic E-state index is 15.3. The van der Waals surface area contributed by atoms with Gasteiger partial charge in [0.15, 0.2) is 5.82 Å². The molecule has 1 spiro atoms. The molecule has 4 heterocycles. The van der Waals surface area contributed by atoms with Gasteiger partial charge < -0.3 is 15.5 Å². The highest BCUT2D eigenvalue weighted by molar-refractivity contribution is 6.31. The molecule has 204 valence electrons. The molecule has 1 saturated carbocycles. The van der Waals surface area contributed by atoms with Crippen molar-refractivity contribution in [2.45, 2.75) is 62.4 Å². The Labute approximate surface area is 233 Å². The van der Waals surface area contributed by atoms with Gasteiger partial charge in [-0.25, -0.2) is 4.39 Å². The van der Waals surface area contributed by atoms with Crippen molar-refractivity contribution < 1.29 is 18.8 Å². The van der Waals surface area contributed by atoms with Crippen LogP contribution in [0.4, 0.5) is 15.8 Å². The summed E-state index contributed by atoms with van der Waals surface area (Å²) in [5.74, 6) is -1.27. The number of rotatable bonds is 4. The number of hydrogen-bond donors (Lipinski definition) is 2. The van der Waals surface area contributed by atoms with E-state index in [0.29, 0.717) is 36.2 Å². The number of nitrogens with one attached hydrogen (secondary N) is 2. The first-order chi connectivity index (χ1) is 19.4. The van der Waals surface area contributed by atoms with Gasteiger partial charge in [0.1, 0.15) is 12.4 Å². The van der Waals surface area contributed by atoms with E-state index in [2.05, 4.69) is 26.2 Å². The number of halogens is 2. The summed E-state index contributed by atoms with van der Waals surface area (Å²) in [4.78, 5) is 41.2. The van der Waals surface area contributed by atoms with Crippen LogP contribution in [0.25, 0.3) is 11.3 Å². The number of hydrogen-bond acceptors (Lipinski definition) is 6. The topological polar surface area (TPSA) is 122 Å². The number of anilines is 2. The average molecular weight is 562 g/mol. The molecule has 10 nitrogen and oxygen atoms in total. The molecule has 2 N–H and O–H groups in total. The van der Waals surface area contributed by atoms with Crippen LogP contribution in [-0.2, 0) is 19.8 Å². The highest BCUT2D eigenvalue weighted by Gasteiger charge is 2.49. The standard InChI is InChI=1S/C28H25ClFN7O3/c29-19-5-8-21(36-14-31-34-35-36)24(25(19)30)15-11-17-4-7-22(37(17)23(38)12-15)26(39)32-16-3-6-20-18(13-16)28(27(40)33-20)9-1-2-10-28/h3,5-6,8,12-14,17,22H,1-2,4,7,9-11H2,(H,32,39)(H,33,40). The fourth-order valence-corrected chi connectivity index (χ4v) is 7.04. The van der Waals surface area contributed by atoms with Gasteiger partial charge in [0.2, 0.25) is 17.7 Å². The van der Waals surface area contributed by atoms with Crippen molar-refractivity contribution in [3.05, 3.63) is 64.7 Å². The van der Waals surface area contributed by atoms with Crippen LogP contribution in [0.1, 0.15) is 56.1 Å². The average Bonchev–Trinajstić information content (AvgIpc) is 3.74. The highest BCUT2D eigenvalue weighted by Crippen LogP contribution is 2.49. The van der Waals surface area contributed by atoms with Crippen LogP contribution in [0.2, 0.25) is 5.02 Å². The molecule has 2 fully saturated rings. The van der Waals surface area contributed by atoms with Gasteiger partial charge in [0.25, 0.3) is 0 Å². The van der Waals surface area contributed by atoms with Crippen molar-refractivity contribution >= 4 is 46.3 Å². The van der Waals surface area contributed by atoms with E-state index in [4.69, 9.17) is 11.6 Å². The number of carbonyl (C=O) groups excluding carboxylic acids is 3. The van der Waals surface area contributed by atoms with Crippen molar-refractivity contribution in [1.82, 2.24) is 25.1 Å². The molecule has 1 aliphatic carbocycles. The lowest BCUT2D eigenvalue weighted by molar-refractivity contribution is -0.135. The van der Waals surface area contributed by atoms with Crippen molar-refractivity contribution in [1.29, 1.82) is 0 Å². The maximum atomic E-state index is 15.3. The van der Waals surface area contributed by atoms with Gasteiger partial charge in [0, 0.05) is 29.1 Å². The van der Waals surface area contributed by atoms with Gasteiger partial charge in [0.05, 0.1) is 16.1 Å². The molecule has 3 amide bonds. The van der Waals surface area contributed by atoms with E-state index in [0.717, 1.165) is 36.9 Å². The quantitative estimate of drug-likeness (QED) is 0.496. The molecule has 3 aliphatic heterocycles. The molecule has 7 rings (SSSR count). The molecular formula is C28H25ClFN7O3. The fourth-order valence-electron chi connectivity index (χ4n) is 6.89. The van der Waals surface area contributed by atoms with Gasteiger partial charge in [-0.05, 0) is 84.0 Å². The molecule has 12 heteroatoms. The molecular weight excluding hydrogens is 537 g/mol. The Morgan fingerprint density at radius 3 is 2.75 bits per heavy atom. The zero-order valence-electron chi connectivity index (χ0n) is 21.4. The molecule has 2 unspecified atom stereocenters. The third kappa shape index (κ3) is 3.75. The molecule has 3 aromatic rings. The van der Waals surface area contributed by atoms with E-state index >= 15 is 4.39 Å². The van der Waals surface area contributed by atoms with Gasteiger partial charge in [-0.15, -0.1) is 5.10 Å². The minimum absolute atomic E-state index is 0.0306. The summed E-state index contributed by atoms with van der Waals surface area (Å²) in [6, 6.07) is 7.59. The van der Waals surface area contributed by atoms with E-state index in [-0.39, 0.29) is 34.3 Å². The first-order valence-electron chi connectivity index (χ1n) is 13.4. The van der Waals surface area contributed by atoms with E-state index in [1.54, 1.807) is 17.0 Å². The second kappa shape index (κ2) is 9.22. The van der Waals surface area contributed by atoms with E-state index in [9.17, 15) is 14.4 Å². The molecule has 1 saturated heterocycles. The number of benzene rings is 2. The lowest BCUT2D eigenvalue weighted by Crippen LogP contribution is -2.48. The smallest absolute Gasteiger partial charge is 0.247 e. The predicted molar refractivity (Wildman–Crippen MR) is 144 cm³/mol. The maximum Gasteiger partial charge on any atom is 0.247 e. The van der Waals surface area contributed by atoms with Crippen LogP contribution in [0, 0.1) is 5.82 Å². The van der Waals surface area contributed by atoms with Gasteiger partial charge >= 0.3 is 0 Å². The Kier molecular flexibility index (Phi) is 5.74. The summed E-state index contributed by atoms with van der Waals surface area (Å²) >= 11 is 6.10. The third-order valence-electron chi connectivity index (χ3n) is 8.75. The lowest BCUT2D eigenvalue weighted by atomic mass is 9.80. The highest BCUT2D eigenvalue weighted by atomic mass is 35.5. The van der Waals surface area contributed by atoms with Gasteiger partial charge in [-0.2, -0.15) is 4.68 Å². The monoisotopic (exact) mass is 561 g/mol. The number of tetrazole rings is 1. The van der Waals surface area contributed by atoms with Gasteiger partial charge in [-0.3, -0.25) is 14.4 Å². The molecule has 0 radical (unpaired) electrons. The van der Waals surface area contributed by atoms with E-state index in [1.165, 1.54) is 23.2 Å². The SMILES string of the molecule is O=C(Nc1ccc2c(c1)C1(CCCC1)C(=O)N2)C1CCC2CC(c3c(-n4cnnn4)ccc(Cl)c3F)=CC(=O)N21. The predicted octanol–water partition coefficient (Wildman–Crippen LogP) is 4.00. The first-order valence-corrected chi connectivity index (χ1v) is 13.7. The van der Waals surface area contributed by atoms with Crippen LogP contribution in [0.3, 0.4) is 0 Å². The van der Waals surface area contributed by atoms with Crippen LogP contribution >= 0.6 is 11.6 Å². The van der Waals surface area contributed by atoms with Gasteiger partial charge in [-0.1, -0.05) is 24.4 Å². The van der Waals surface area contributed by atoms with Crippen molar-refractivity contribution in [3.63, 3.8) is 0 Å². The largest absolute Gasteiger partial charge is 0.325 e. The lowest BCUT2D eigenvalue weighted by Gasteiger charge is -2.33. The Morgan fingerprint density at radius 1 is 1.15 bits per heavy atom. The summed E-state index contributed by atoms with van der Waals surface area (Å²) in [6.45, 7) is 0. The Morgan fingerprint density at radius 2 is 1.98 bits per heavy atom. The van der Waals surface area contributed by atoms with E-state index in [1.807, 2.05) is 12.1 Å². The molecule has 4 aliphatic rings. The number of aromatic nitrogens is 4. The normalized spacial score (nSPS) is 22.8. The van der Waals surface area contributed by atoms with E-state index < -0.39 is 17.3 Å².